The maximum Gasteiger partial charge on any atom is 0.0998 e. The lowest BCUT2D eigenvalue weighted by Gasteiger charge is -2.10. The van der Waals surface area contributed by atoms with Crippen molar-refractivity contribution in [1.82, 2.24) is 0 Å². The molecule has 0 unspecified atom stereocenters. The molecule has 2 aromatic carbocycles. The highest BCUT2D eigenvalue weighted by Crippen LogP contribution is 2.26. The van der Waals surface area contributed by atoms with Crippen LogP contribution in [-0.2, 0) is 0 Å². The second kappa shape index (κ2) is 6.32. The van der Waals surface area contributed by atoms with Crippen LogP contribution < -0.4 is 5.32 Å². The van der Waals surface area contributed by atoms with Crippen molar-refractivity contribution in [3.63, 3.8) is 0 Å². The van der Waals surface area contributed by atoms with E-state index in [1.165, 1.54) is 5.75 Å². The molecule has 0 bridgehead atoms. The molecule has 0 heterocycles. The second-order valence-corrected chi connectivity index (χ2v) is 5.08. The molecule has 0 spiro atoms. The molecule has 2 aromatic rings. The molecule has 2 rings (SSSR count). The van der Waals surface area contributed by atoms with Gasteiger partial charge in [-0.05, 0) is 30.6 Å². The first kappa shape index (κ1) is 12.8. The molecule has 0 atom stereocenters. The molecule has 0 aliphatic heterocycles. The molecule has 3 heteroatoms. The van der Waals surface area contributed by atoms with Crippen LogP contribution >= 0.6 is 11.8 Å². The Labute approximate surface area is 112 Å². The number of hydrogen-bond donors (Lipinski definition) is 1. The molecular formula is C15H16N2S. The fraction of sp³-hybridized carbons (Fsp3) is 0.267. The first-order valence-electron chi connectivity index (χ1n) is 6.01. The molecule has 1 N–H and O–H groups in total. The number of benzene rings is 2. The number of nitrogens with zero attached hydrogens (tertiary/aromatic N) is 1. The summed E-state index contributed by atoms with van der Waals surface area (Å²) in [6.07, 6.45) is 3.27. The standard InChI is InChI=1S/C15H16N2S/c1-18-10-4-9-17-15-8-7-12(11-16)13-5-2-3-6-14(13)15/h2-3,5-8,17H,4,9-10H2,1H3. The van der Waals surface area contributed by atoms with Crippen molar-refractivity contribution in [2.75, 3.05) is 23.9 Å². The van der Waals surface area contributed by atoms with Gasteiger partial charge in [-0.25, -0.2) is 0 Å². The summed E-state index contributed by atoms with van der Waals surface area (Å²) in [4.78, 5) is 0. The van der Waals surface area contributed by atoms with E-state index in [4.69, 9.17) is 5.26 Å². The van der Waals surface area contributed by atoms with Gasteiger partial charge >= 0.3 is 0 Å². The molecule has 0 saturated carbocycles. The second-order valence-electron chi connectivity index (χ2n) is 4.09. The van der Waals surface area contributed by atoms with E-state index in [0.29, 0.717) is 0 Å². The van der Waals surface area contributed by atoms with Gasteiger partial charge in [0.1, 0.15) is 0 Å². The maximum atomic E-state index is 9.10. The molecule has 0 aromatic heterocycles. The predicted molar refractivity (Wildman–Crippen MR) is 80.2 cm³/mol. The number of hydrogen-bond acceptors (Lipinski definition) is 3. The topological polar surface area (TPSA) is 35.8 Å². The van der Waals surface area contributed by atoms with Crippen LogP contribution in [0.25, 0.3) is 10.8 Å². The van der Waals surface area contributed by atoms with Crippen molar-refractivity contribution >= 4 is 28.2 Å². The monoisotopic (exact) mass is 256 g/mol. The number of rotatable bonds is 5. The van der Waals surface area contributed by atoms with Crippen LogP contribution in [-0.4, -0.2) is 18.6 Å². The summed E-state index contributed by atoms with van der Waals surface area (Å²) < 4.78 is 0. The summed E-state index contributed by atoms with van der Waals surface area (Å²) in [5, 5.41) is 14.7. The van der Waals surface area contributed by atoms with Gasteiger partial charge in [0.2, 0.25) is 0 Å². The summed E-state index contributed by atoms with van der Waals surface area (Å²) in [6.45, 7) is 0.969. The fourth-order valence-electron chi connectivity index (χ4n) is 1.99. The molecule has 0 aliphatic rings. The van der Waals surface area contributed by atoms with Crippen LogP contribution in [0.1, 0.15) is 12.0 Å². The zero-order chi connectivity index (χ0) is 12.8. The van der Waals surface area contributed by atoms with Gasteiger partial charge in [0.05, 0.1) is 11.6 Å². The lowest BCUT2D eigenvalue weighted by molar-refractivity contribution is 0.995. The van der Waals surface area contributed by atoms with Crippen molar-refractivity contribution in [2.24, 2.45) is 0 Å². The van der Waals surface area contributed by atoms with Gasteiger partial charge in [0, 0.05) is 23.0 Å². The molecule has 92 valence electrons. The molecule has 18 heavy (non-hydrogen) atoms. The van der Waals surface area contributed by atoms with Crippen LogP contribution in [0.4, 0.5) is 5.69 Å². The zero-order valence-electron chi connectivity index (χ0n) is 10.4. The number of anilines is 1. The van der Waals surface area contributed by atoms with Crippen molar-refractivity contribution in [3.05, 3.63) is 42.0 Å². The maximum absolute atomic E-state index is 9.10. The Morgan fingerprint density at radius 3 is 2.67 bits per heavy atom. The third-order valence-electron chi connectivity index (χ3n) is 2.89. The van der Waals surface area contributed by atoms with Gasteiger partial charge in [-0.1, -0.05) is 24.3 Å². The van der Waals surface area contributed by atoms with Crippen molar-refractivity contribution in [3.8, 4) is 6.07 Å². The summed E-state index contributed by atoms with van der Waals surface area (Å²) >= 11 is 1.86. The highest BCUT2D eigenvalue weighted by atomic mass is 32.2. The van der Waals surface area contributed by atoms with Crippen LogP contribution in [0.5, 0.6) is 0 Å². The number of nitriles is 1. The van der Waals surface area contributed by atoms with Gasteiger partial charge in [0.15, 0.2) is 0 Å². The zero-order valence-corrected chi connectivity index (χ0v) is 11.3. The van der Waals surface area contributed by atoms with E-state index in [2.05, 4.69) is 23.7 Å². The van der Waals surface area contributed by atoms with E-state index in [1.54, 1.807) is 0 Å². The molecule has 0 radical (unpaired) electrons. The first-order chi connectivity index (χ1) is 8.86. The minimum Gasteiger partial charge on any atom is -0.385 e. The van der Waals surface area contributed by atoms with E-state index in [0.717, 1.165) is 35.0 Å². The van der Waals surface area contributed by atoms with Gasteiger partial charge in [-0.2, -0.15) is 17.0 Å². The fourth-order valence-corrected chi connectivity index (χ4v) is 2.42. The molecule has 2 nitrogen and oxygen atoms in total. The Hall–Kier alpha value is -1.66. The van der Waals surface area contributed by atoms with E-state index in [-0.39, 0.29) is 0 Å². The van der Waals surface area contributed by atoms with Crippen molar-refractivity contribution in [1.29, 1.82) is 5.26 Å². The van der Waals surface area contributed by atoms with Crippen molar-refractivity contribution < 1.29 is 0 Å². The molecular weight excluding hydrogens is 240 g/mol. The summed E-state index contributed by atoms with van der Waals surface area (Å²) in [6, 6.07) is 14.2. The minimum absolute atomic E-state index is 0.736. The smallest absolute Gasteiger partial charge is 0.0998 e. The first-order valence-corrected chi connectivity index (χ1v) is 7.41. The number of fused-ring (bicyclic) bond motifs is 1. The molecule has 0 saturated heterocycles. The Morgan fingerprint density at radius 2 is 1.94 bits per heavy atom. The SMILES string of the molecule is CSCCCNc1ccc(C#N)c2ccccc12. The van der Waals surface area contributed by atoms with Crippen LogP contribution in [0.3, 0.4) is 0 Å². The summed E-state index contributed by atoms with van der Waals surface area (Å²) in [5.74, 6) is 1.17. The minimum atomic E-state index is 0.736. The Morgan fingerprint density at radius 1 is 1.17 bits per heavy atom. The van der Waals surface area contributed by atoms with Crippen molar-refractivity contribution in [2.45, 2.75) is 6.42 Å². The Bertz CT molecular complexity index is 572. The summed E-state index contributed by atoms with van der Waals surface area (Å²) in [7, 11) is 0. The normalized spacial score (nSPS) is 10.2. The Kier molecular flexibility index (Phi) is 4.49. The van der Waals surface area contributed by atoms with E-state index in [1.807, 2.05) is 42.1 Å². The van der Waals surface area contributed by atoms with E-state index in [9.17, 15) is 0 Å². The summed E-state index contributed by atoms with van der Waals surface area (Å²) in [5.41, 5.74) is 1.85. The predicted octanol–water partition coefficient (Wildman–Crippen LogP) is 3.88. The third kappa shape index (κ3) is 2.77. The van der Waals surface area contributed by atoms with Gasteiger partial charge in [-0.15, -0.1) is 0 Å². The largest absolute Gasteiger partial charge is 0.385 e. The van der Waals surface area contributed by atoms with Crippen LogP contribution in [0.15, 0.2) is 36.4 Å². The average Bonchev–Trinajstić information content (AvgIpc) is 2.43. The highest BCUT2D eigenvalue weighted by molar-refractivity contribution is 7.98. The van der Waals surface area contributed by atoms with E-state index < -0.39 is 0 Å². The van der Waals surface area contributed by atoms with Gasteiger partial charge in [0.25, 0.3) is 0 Å². The number of nitrogens with one attached hydrogen (secondary N) is 1. The van der Waals surface area contributed by atoms with Gasteiger partial charge in [-0.3, -0.25) is 0 Å². The average molecular weight is 256 g/mol. The molecule has 0 amide bonds. The number of thioether (sulfide) groups is 1. The lowest BCUT2D eigenvalue weighted by Crippen LogP contribution is -2.03. The molecule has 0 aliphatic carbocycles. The van der Waals surface area contributed by atoms with Crippen LogP contribution in [0.2, 0.25) is 0 Å². The quantitative estimate of drug-likeness (QED) is 0.825. The third-order valence-corrected chi connectivity index (χ3v) is 3.58. The highest BCUT2D eigenvalue weighted by Gasteiger charge is 2.04. The molecule has 0 fully saturated rings. The van der Waals surface area contributed by atoms with Crippen LogP contribution in [0, 0.1) is 11.3 Å². The van der Waals surface area contributed by atoms with Gasteiger partial charge < -0.3 is 5.32 Å². The Balaban J connectivity index is 2.27. The lowest BCUT2D eigenvalue weighted by atomic mass is 10.0. The van der Waals surface area contributed by atoms with E-state index >= 15 is 0 Å².